The van der Waals surface area contributed by atoms with Crippen LogP contribution < -0.4 is 4.74 Å². The maximum Gasteiger partial charge on any atom is 0.325 e. The number of nitrogens with zero attached hydrogens (tertiary/aromatic N) is 1. The second-order valence-electron chi connectivity index (χ2n) is 6.51. The third-order valence-electron chi connectivity index (χ3n) is 4.69. The second-order valence-corrected chi connectivity index (χ2v) is 6.95. The summed E-state index contributed by atoms with van der Waals surface area (Å²) in [6.45, 7) is 1.36. The number of halogens is 1. The van der Waals surface area contributed by atoms with Crippen LogP contribution in [0.25, 0.3) is 5.76 Å². The van der Waals surface area contributed by atoms with Crippen LogP contribution in [0.15, 0.2) is 54.1 Å². The quantitative estimate of drug-likeness (QED) is 0.327. The number of aliphatic hydroxyl groups excluding tert-OH is 1. The molecule has 7 nitrogen and oxygen atoms in total. The van der Waals surface area contributed by atoms with Crippen LogP contribution in [0.2, 0.25) is 5.02 Å². The first-order valence-electron chi connectivity index (χ1n) is 9.21. The van der Waals surface area contributed by atoms with E-state index >= 15 is 0 Å². The van der Waals surface area contributed by atoms with Gasteiger partial charge in [0.05, 0.1) is 25.3 Å². The van der Waals surface area contributed by atoms with Crippen molar-refractivity contribution in [3.63, 3.8) is 0 Å². The van der Waals surface area contributed by atoms with Crippen molar-refractivity contribution < 1.29 is 29.0 Å². The Hall–Kier alpha value is -3.32. The molecule has 0 bridgehead atoms. The van der Waals surface area contributed by atoms with Gasteiger partial charge >= 0.3 is 5.97 Å². The van der Waals surface area contributed by atoms with Gasteiger partial charge < -0.3 is 19.5 Å². The number of benzene rings is 2. The zero-order chi connectivity index (χ0) is 21.8. The summed E-state index contributed by atoms with van der Waals surface area (Å²) in [6, 6.07) is 11.9. The van der Waals surface area contributed by atoms with E-state index in [-0.39, 0.29) is 17.9 Å². The predicted octanol–water partition coefficient (Wildman–Crippen LogP) is 3.33. The van der Waals surface area contributed by atoms with E-state index in [4.69, 9.17) is 21.1 Å². The van der Waals surface area contributed by atoms with Gasteiger partial charge in [-0.1, -0.05) is 23.7 Å². The van der Waals surface area contributed by atoms with Gasteiger partial charge in [-0.3, -0.25) is 14.4 Å². The number of aliphatic hydroxyl groups is 1. The summed E-state index contributed by atoms with van der Waals surface area (Å²) in [5.74, 6) is -2.19. The Kier molecular flexibility index (Phi) is 6.42. The Morgan fingerprint density at radius 2 is 1.73 bits per heavy atom. The molecule has 0 unspecified atom stereocenters. The van der Waals surface area contributed by atoms with Crippen LogP contribution in [0, 0.1) is 0 Å². The van der Waals surface area contributed by atoms with Gasteiger partial charge in [0.1, 0.15) is 18.1 Å². The lowest BCUT2D eigenvalue weighted by Crippen LogP contribution is -2.35. The number of carbonyl (C=O) groups excluding carboxylic acids is 3. The molecule has 1 aliphatic rings. The molecule has 1 saturated heterocycles. The fourth-order valence-electron chi connectivity index (χ4n) is 3.28. The van der Waals surface area contributed by atoms with E-state index in [1.807, 2.05) is 0 Å². The molecule has 8 heteroatoms. The molecule has 3 rings (SSSR count). The van der Waals surface area contributed by atoms with Gasteiger partial charge in [0.25, 0.3) is 11.7 Å². The number of rotatable bonds is 6. The molecule has 1 aliphatic heterocycles. The van der Waals surface area contributed by atoms with Gasteiger partial charge in [0.15, 0.2) is 0 Å². The van der Waals surface area contributed by atoms with Crippen LogP contribution in [-0.4, -0.2) is 47.9 Å². The van der Waals surface area contributed by atoms with Gasteiger partial charge in [0.2, 0.25) is 0 Å². The van der Waals surface area contributed by atoms with Crippen molar-refractivity contribution in [2.45, 2.75) is 13.0 Å². The average Bonchev–Trinajstić information content (AvgIpc) is 2.99. The average molecular weight is 430 g/mol. The van der Waals surface area contributed by atoms with E-state index in [2.05, 4.69) is 0 Å². The van der Waals surface area contributed by atoms with Crippen molar-refractivity contribution in [1.82, 2.24) is 4.90 Å². The minimum Gasteiger partial charge on any atom is -0.507 e. The molecule has 1 amide bonds. The Bertz CT molecular complexity index is 997. The van der Waals surface area contributed by atoms with Gasteiger partial charge in [-0.25, -0.2) is 0 Å². The largest absolute Gasteiger partial charge is 0.507 e. The van der Waals surface area contributed by atoms with E-state index in [0.29, 0.717) is 21.9 Å². The zero-order valence-corrected chi connectivity index (χ0v) is 17.2. The first-order chi connectivity index (χ1) is 14.4. The zero-order valence-electron chi connectivity index (χ0n) is 16.4. The standard InChI is InChI=1S/C22H20ClNO6/c1-3-30-17(25)12-24-19(13-6-10-16(29-2)11-7-13)18(21(27)22(24)28)20(26)14-4-8-15(23)9-5-14/h4-11,19,26H,3,12H2,1-2H3/t19-/m0/s1. The predicted molar refractivity (Wildman–Crippen MR) is 110 cm³/mol. The number of Topliss-reactive ketones (excluding diaryl/α,β-unsaturated/α-hetero) is 1. The minimum absolute atomic E-state index is 0.114. The van der Waals surface area contributed by atoms with E-state index in [9.17, 15) is 19.5 Å². The molecule has 0 aromatic heterocycles. The van der Waals surface area contributed by atoms with Crippen molar-refractivity contribution in [2.75, 3.05) is 20.3 Å². The van der Waals surface area contributed by atoms with Gasteiger partial charge in [-0.2, -0.15) is 0 Å². The highest BCUT2D eigenvalue weighted by Crippen LogP contribution is 2.39. The molecule has 1 heterocycles. The number of hydrogen-bond donors (Lipinski definition) is 1. The Morgan fingerprint density at radius 1 is 1.10 bits per heavy atom. The van der Waals surface area contributed by atoms with Crippen molar-refractivity contribution in [2.24, 2.45) is 0 Å². The molecule has 0 radical (unpaired) electrons. The lowest BCUT2D eigenvalue weighted by molar-refractivity contribution is -0.149. The maximum absolute atomic E-state index is 12.8. The first kappa shape index (κ1) is 21.4. The molecule has 2 aromatic rings. The van der Waals surface area contributed by atoms with Crippen molar-refractivity contribution >= 4 is 35.0 Å². The fourth-order valence-corrected chi connectivity index (χ4v) is 3.41. The molecular formula is C22H20ClNO6. The molecule has 0 aliphatic carbocycles. The third-order valence-corrected chi connectivity index (χ3v) is 4.95. The summed E-state index contributed by atoms with van der Waals surface area (Å²) in [5.41, 5.74) is 0.749. The summed E-state index contributed by atoms with van der Waals surface area (Å²) >= 11 is 5.90. The number of likely N-dealkylation sites (tertiary alicyclic amines) is 1. The molecule has 0 spiro atoms. The molecule has 30 heavy (non-hydrogen) atoms. The van der Waals surface area contributed by atoms with Crippen molar-refractivity contribution in [1.29, 1.82) is 0 Å². The van der Waals surface area contributed by atoms with E-state index in [1.54, 1.807) is 55.5 Å². The van der Waals surface area contributed by atoms with Crippen LogP contribution in [0.4, 0.5) is 0 Å². The third kappa shape index (κ3) is 4.16. The normalized spacial score (nSPS) is 17.8. The van der Waals surface area contributed by atoms with Gasteiger partial charge in [0, 0.05) is 10.6 Å². The molecule has 1 fully saturated rings. The Morgan fingerprint density at radius 3 is 2.30 bits per heavy atom. The number of esters is 1. The number of ether oxygens (including phenoxy) is 2. The Balaban J connectivity index is 2.13. The van der Waals surface area contributed by atoms with E-state index in [0.717, 1.165) is 4.90 Å². The van der Waals surface area contributed by atoms with Crippen LogP contribution in [0.5, 0.6) is 5.75 Å². The monoisotopic (exact) mass is 429 g/mol. The highest BCUT2D eigenvalue weighted by atomic mass is 35.5. The minimum atomic E-state index is -0.962. The second kappa shape index (κ2) is 9.00. The fraction of sp³-hybridized carbons (Fsp3) is 0.227. The van der Waals surface area contributed by atoms with Crippen molar-refractivity contribution in [3.8, 4) is 5.75 Å². The number of carbonyl (C=O) groups is 3. The highest BCUT2D eigenvalue weighted by Gasteiger charge is 2.47. The number of hydrogen-bond acceptors (Lipinski definition) is 6. The van der Waals surface area contributed by atoms with Crippen LogP contribution >= 0.6 is 11.6 Å². The highest BCUT2D eigenvalue weighted by molar-refractivity contribution is 6.46. The number of amides is 1. The molecule has 156 valence electrons. The van der Waals surface area contributed by atoms with Crippen LogP contribution in [-0.2, 0) is 19.1 Å². The summed E-state index contributed by atoms with van der Waals surface area (Å²) in [6.07, 6.45) is 0. The Labute approximate surface area is 178 Å². The number of ketones is 1. The molecule has 0 saturated carbocycles. The molecule has 2 aromatic carbocycles. The van der Waals surface area contributed by atoms with Gasteiger partial charge in [-0.15, -0.1) is 0 Å². The summed E-state index contributed by atoms with van der Waals surface area (Å²) in [5, 5.41) is 11.3. The summed E-state index contributed by atoms with van der Waals surface area (Å²) < 4.78 is 10.1. The lowest BCUT2D eigenvalue weighted by Gasteiger charge is -2.24. The smallest absolute Gasteiger partial charge is 0.325 e. The lowest BCUT2D eigenvalue weighted by atomic mass is 9.95. The summed E-state index contributed by atoms with van der Waals surface area (Å²) in [4.78, 5) is 38.7. The van der Waals surface area contributed by atoms with E-state index < -0.39 is 30.2 Å². The molecular weight excluding hydrogens is 410 g/mol. The number of methoxy groups -OCH3 is 1. The van der Waals surface area contributed by atoms with Crippen LogP contribution in [0.3, 0.4) is 0 Å². The topological polar surface area (TPSA) is 93.1 Å². The molecule has 1 atom stereocenters. The van der Waals surface area contributed by atoms with Gasteiger partial charge in [-0.05, 0) is 48.9 Å². The SMILES string of the molecule is CCOC(=O)CN1C(=O)C(=O)C(=C(O)c2ccc(Cl)cc2)[C@@H]1c1ccc(OC)cc1. The van der Waals surface area contributed by atoms with Crippen molar-refractivity contribution in [3.05, 3.63) is 70.3 Å². The first-order valence-corrected chi connectivity index (χ1v) is 9.59. The van der Waals surface area contributed by atoms with E-state index in [1.165, 1.54) is 7.11 Å². The molecule has 1 N–H and O–H groups in total. The van der Waals surface area contributed by atoms with Crippen LogP contribution in [0.1, 0.15) is 24.1 Å². The summed E-state index contributed by atoms with van der Waals surface area (Å²) in [7, 11) is 1.52. The maximum atomic E-state index is 12.8.